The van der Waals surface area contributed by atoms with Crippen LogP contribution in [0.5, 0.6) is 0 Å². The Morgan fingerprint density at radius 1 is 1.19 bits per heavy atom. The molecule has 3 aromatic rings. The highest BCUT2D eigenvalue weighted by Gasteiger charge is 2.15. The smallest absolute Gasteiger partial charge is 0.326 e. The first-order valence-corrected chi connectivity index (χ1v) is 10.1. The Bertz CT molecular complexity index is 1000. The van der Waals surface area contributed by atoms with Crippen molar-refractivity contribution >= 4 is 58.2 Å². The summed E-state index contributed by atoms with van der Waals surface area (Å²) >= 11 is 13.7. The molecular formula is C18H14ClNO3S3. The zero-order chi connectivity index (χ0) is 18.7. The minimum Gasteiger partial charge on any atom is -0.456 e. The molecule has 4 nitrogen and oxygen atoms in total. The highest BCUT2D eigenvalue weighted by atomic mass is 35.5. The number of ketones is 1. The third kappa shape index (κ3) is 4.48. The van der Waals surface area contributed by atoms with E-state index in [0.717, 1.165) is 28.2 Å². The summed E-state index contributed by atoms with van der Waals surface area (Å²) in [5, 5.41) is 1.92. The molecule has 0 aliphatic heterocycles. The van der Waals surface area contributed by atoms with E-state index in [1.807, 2.05) is 36.6 Å². The summed E-state index contributed by atoms with van der Waals surface area (Å²) in [7, 11) is 0. The molecule has 2 aromatic heterocycles. The molecule has 0 radical (unpaired) electrons. The van der Waals surface area contributed by atoms with E-state index in [1.165, 1.54) is 11.3 Å². The van der Waals surface area contributed by atoms with E-state index in [0.29, 0.717) is 13.2 Å². The predicted molar refractivity (Wildman–Crippen MR) is 108 cm³/mol. The molecule has 0 aliphatic rings. The number of hydrogen-bond donors (Lipinski definition) is 0. The van der Waals surface area contributed by atoms with E-state index in [1.54, 1.807) is 16.7 Å². The van der Waals surface area contributed by atoms with Gasteiger partial charge in [-0.05, 0) is 36.8 Å². The van der Waals surface area contributed by atoms with Crippen LogP contribution in [0.25, 0.3) is 11.3 Å². The van der Waals surface area contributed by atoms with Crippen LogP contribution in [0.1, 0.15) is 15.2 Å². The van der Waals surface area contributed by atoms with Crippen molar-refractivity contribution in [2.75, 3.05) is 6.61 Å². The molecule has 2 heterocycles. The zero-order valence-electron chi connectivity index (χ0n) is 13.7. The van der Waals surface area contributed by atoms with Gasteiger partial charge in [-0.15, -0.1) is 22.7 Å². The molecule has 0 atom stereocenters. The van der Waals surface area contributed by atoms with Crippen LogP contribution in [-0.2, 0) is 16.1 Å². The van der Waals surface area contributed by atoms with Crippen molar-refractivity contribution in [3.8, 4) is 11.3 Å². The number of nitrogens with zero attached hydrogens (tertiary/aromatic N) is 1. The number of halogens is 1. The van der Waals surface area contributed by atoms with Gasteiger partial charge in [0.25, 0.3) is 0 Å². The minimum absolute atomic E-state index is 0.0377. The van der Waals surface area contributed by atoms with Gasteiger partial charge in [-0.3, -0.25) is 9.59 Å². The van der Waals surface area contributed by atoms with Gasteiger partial charge < -0.3 is 9.30 Å². The highest BCUT2D eigenvalue weighted by Crippen LogP contribution is 2.25. The molecule has 3 rings (SSSR count). The van der Waals surface area contributed by atoms with Crippen LogP contribution < -0.4 is 0 Å². The van der Waals surface area contributed by atoms with Gasteiger partial charge in [0, 0.05) is 5.38 Å². The number of carbonyl (C=O) groups is 2. The van der Waals surface area contributed by atoms with Crippen LogP contribution in [0.3, 0.4) is 0 Å². The van der Waals surface area contributed by atoms with Crippen LogP contribution in [0.2, 0.25) is 4.34 Å². The standard InChI is InChI=1S/C18H14ClNO3S3/c1-11-2-4-12(5-3-11)13-10-25-18(24)20(13)8-17(22)23-9-14(21)15-6-7-16(19)26-15/h2-7,10H,8-9H2,1H3. The minimum atomic E-state index is -0.510. The summed E-state index contributed by atoms with van der Waals surface area (Å²) in [5.74, 6) is -0.785. The Balaban J connectivity index is 1.68. The summed E-state index contributed by atoms with van der Waals surface area (Å²) in [6.45, 7) is 1.66. The Morgan fingerprint density at radius 3 is 2.58 bits per heavy atom. The fourth-order valence-corrected chi connectivity index (χ4v) is 4.33. The molecule has 1 aromatic carbocycles. The number of hydrogen-bond acceptors (Lipinski definition) is 6. The molecule has 26 heavy (non-hydrogen) atoms. The number of rotatable bonds is 6. The fraction of sp³-hybridized carbons (Fsp3) is 0.167. The Morgan fingerprint density at radius 2 is 1.92 bits per heavy atom. The summed E-state index contributed by atoms with van der Waals surface area (Å²) in [5.41, 5.74) is 2.98. The van der Waals surface area contributed by atoms with Crippen molar-refractivity contribution in [2.45, 2.75) is 13.5 Å². The van der Waals surface area contributed by atoms with Gasteiger partial charge in [0.1, 0.15) is 6.54 Å². The SMILES string of the molecule is Cc1ccc(-c2csc(=S)n2CC(=O)OCC(=O)c2ccc(Cl)s2)cc1. The van der Waals surface area contributed by atoms with Gasteiger partial charge in [0.2, 0.25) is 5.78 Å². The lowest BCUT2D eigenvalue weighted by Gasteiger charge is -2.09. The number of ether oxygens (including phenoxy) is 1. The van der Waals surface area contributed by atoms with E-state index in [-0.39, 0.29) is 18.9 Å². The Labute approximate surface area is 168 Å². The normalized spacial score (nSPS) is 10.7. The van der Waals surface area contributed by atoms with Gasteiger partial charge in [-0.1, -0.05) is 41.4 Å². The third-order valence-corrected chi connectivity index (χ3v) is 6.17. The molecule has 0 bridgehead atoms. The number of aryl methyl sites for hydroxylation is 1. The molecule has 134 valence electrons. The lowest BCUT2D eigenvalue weighted by molar-refractivity contribution is -0.143. The van der Waals surface area contributed by atoms with Crippen LogP contribution in [0.4, 0.5) is 0 Å². The summed E-state index contributed by atoms with van der Waals surface area (Å²) in [4.78, 5) is 24.7. The Hall–Kier alpha value is -1.80. The van der Waals surface area contributed by atoms with Gasteiger partial charge in [0.05, 0.1) is 14.9 Å². The fourth-order valence-electron chi connectivity index (χ4n) is 2.29. The molecule has 0 fully saturated rings. The maximum absolute atomic E-state index is 12.2. The quantitative estimate of drug-likeness (QED) is 0.303. The van der Waals surface area contributed by atoms with E-state index >= 15 is 0 Å². The molecule has 8 heteroatoms. The van der Waals surface area contributed by atoms with Crippen molar-refractivity contribution in [3.05, 3.63) is 60.5 Å². The number of thiazole rings is 1. The molecule has 0 saturated heterocycles. The van der Waals surface area contributed by atoms with Gasteiger partial charge in [-0.2, -0.15) is 0 Å². The molecule has 0 spiro atoms. The van der Waals surface area contributed by atoms with E-state index in [4.69, 9.17) is 28.6 Å². The van der Waals surface area contributed by atoms with Gasteiger partial charge in [-0.25, -0.2) is 0 Å². The maximum atomic E-state index is 12.2. The molecule has 0 saturated carbocycles. The van der Waals surface area contributed by atoms with Crippen molar-refractivity contribution < 1.29 is 14.3 Å². The topological polar surface area (TPSA) is 48.3 Å². The van der Waals surface area contributed by atoms with Gasteiger partial charge >= 0.3 is 5.97 Å². The molecule has 0 N–H and O–H groups in total. The summed E-state index contributed by atoms with van der Waals surface area (Å²) in [6.07, 6.45) is 0. The second kappa shape index (κ2) is 8.26. The van der Waals surface area contributed by atoms with E-state index in [2.05, 4.69) is 0 Å². The highest BCUT2D eigenvalue weighted by molar-refractivity contribution is 7.73. The number of thiophene rings is 1. The number of carbonyl (C=O) groups excluding carboxylic acids is 2. The largest absolute Gasteiger partial charge is 0.456 e. The van der Waals surface area contributed by atoms with Crippen LogP contribution in [0.15, 0.2) is 41.8 Å². The predicted octanol–water partition coefficient (Wildman–Crippen LogP) is 5.40. The zero-order valence-corrected chi connectivity index (χ0v) is 16.9. The molecule has 0 aliphatic carbocycles. The summed E-state index contributed by atoms with van der Waals surface area (Å²) in [6, 6.07) is 11.2. The first kappa shape index (κ1) is 19.0. The second-order valence-corrected chi connectivity index (χ2v) is 8.74. The number of esters is 1. The summed E-state index contributed by atoms with van der Waals surface area (Å²) < 4.78 is 7.94. The van der Waals surface area contributed by atoms with E-state index < -0.39 is 5.97 Å². The first-order valence-electron chi connectivity index (χ1n) is 7.63. The van der Waals surface area contributed by atoms with Crippen molar-refractivity contribution in [1.82, 2.24) is 4.57 Å². The molecule has 0 amide bonds. The van der Waals surface area contributed by atoms with Crippen LogP contribution in [-0.4, -0.2) is 22.9 Å². The number of benzene rings is 1. The van der Waals surface area contributed by atoms with E-state index in [9.17, 15) is 9.59 Å². The van der Waals surface area contributed by atoms with Crippen molar-refractivity contribution in [2.24, 2.45) is 0 Å². The van der Waals surface area contributed by atoms with Crippen LogP contribution >= 0.6 is 46.5 Å². The molecule has 0 unspecified atom stereocenters. The second-order valence-electron chi connectivity index (χ2n) is 5.53. The Kier molecular flexibility index (Phi) is 6.03. The lowest BCUT2D eigenvalue weighted by Crippen LogP contribution is -2.18. The van der Waals surface area contributed by atoms with Crippen molar-refractivity contribution in [1.29, 1.82) is 0 Å². The van der Waals surface area contributed by atoms with Crippen molar-refractivity contribution in [3.63, 3.8) is 0 Å². The average molecular weight is 424 g/mol. The average Bonchev–Trinajstić information content (AvgIpc) is 3.20. The lowest BCUT2D eigenvalue weighted by atomic mass is 10.1. The number of aromatic nitrogens is 1. The van der Waals surface area contributed by atoms with Crippen LogP contribution in [0, 0.1) is 10.9 Å². The maximum Gasteiger partial charge on any atom is 0.326 e. The van der Waals surface area contributed by atoms with Gasteiger partial charge in [0.15, 0.2) is 10.6 Å². The monoisotopic (exact) mass is 423 g/mol. The first-order chi connectivity index (χ1) is 12.4. The number of Topliss-reactive ketones (excluding diaryl/α,β-unsaturated/α-hetero) is 1. The molecular weight excluding hydrogens is 410 g/mol. The third-order valence-electron chi connectivity index (χ3n) is 3.63.